The van der Waals surface area contributed by atoms with Crippen molar-refractivity contribution >= 4 is 87.2 Å². The molecule has 4 aromatic heterocycles. The summed E-state index contributed by atoms with van der Waals surface area (Å²) in [6.45, 7) is 9.59. The zero-order chi connectivity index (χ0) is 54.5. The molecular formula is C75H52N6. The summed E-state index contributed by atoms with van der Waals surface area (Å²) in [7, 11) is 0. The maximum Gasteiger partial charge on any atom is 0.103 e. The molecule has 6 nitrogen and oxygen atoms in total. The summed E-state index contributed by atoms with van der Waals surface area (Å²) < 4.78 is 9.46. The zero-order valence-corrected chi connectivity index (χ0v) is 45.3. The van der Waals surface area contributed by atoms with Crippen molar-refractivity contribution in [3.63, 3.8) is 0 Å². The average molecular weight is 1040 g/mol. The van der Waals surface area contributed by atoms with Crippen LogP contribution in [0.25, 0.3) is 110 Å². The van der Waals surface area contributed by atoms with Gasteiger partial charge in [-0.15, -0.1) is 0 Å². The third-order valence-corrected chi connectivity index (χ3v) is 18.6. The van der Waals surface area contributed by atoms with Crippen LogP contribution in [0.5, 0.6) is 0 Å². The monoisotopic (exact) mass is 1040 g/mol. The minimum atomic E-state index is -0.765. The van der Waals surface area contributed by atoms with Crippen LogP contribution in [0, 0.1) is 22.7 Å². The first-order valence-corrected chi connectivity index (χ1v) is 27.9. The predicted octanol–water partition coefficient (Wildman–Crippen LogP) is 18.4. The molecule has 0 N–H and O–H groups in total. The van der Waals surface area contributed by atoms with E-state index in [1.807, 2.05) is 0 Å². The minimum Gasteiger partial charge on any atom is -0.309 e. The Bertz CT molecular complexity index is 4900. The molecule has 81 heavy (non-hydrogen) atoms. The summed E-state index contributed by atoms with van der Waals surface area (Å²) in [5.41, 5.74) is 14.7. The fraction of sp³-hybridized carbons (Fsp3) is 0.0933. The molecule has 0 saturated carbocycles. The van der Waals surface area contributed by atoms with Crippen molar-refractivity contribution < 1.29 is 0 Å². The van der Waals surface area contributed by atoms with Gasteiger partial charge in [0, 0.05) is 70.7 Å². The van der Waals surface area contributed by atoms with E-state index in [0.29, 0.717) is 11.1 Å². The van der Waals surface area contributed by atoms with Gasteiger partial charge >= 0.3 is 0 Å². The smallest absolute Gasteiger partial charge is 0.103 e. The highest BCUT2D eigenvalue weighted by atomic mass is 15.0. The van der Waals surface area contributed by atoms with Crippen molar-refractivity contribution in [3.05, 3.63) is 276 Å². The molecule has 0 aliphatic heterocycles. The topological polar surface area (TPSA) is 67.3 Å². The molecule has 6 heteroatoms. The normalized spacial score (nSPS) is 14.4. The summed E-state index contributed by atoms with van der Waals surface area (Å²) in [6, 6.07) is 92.6. The first kappa shape index (κ1) is 46.7. The van der Waals surface area contributed by atoms with E-state index in [9.17, 15) is 10.5 Å². The Morgan fingerprint density at radius 1 is 0.284 bits per heavy atom. The Morgan fingerprint density at radius 2 is 0.543 bits per heavy atom. The number of hydrogen-bond acceptors (Lipinski definition) is 2. The number of rotatable bonds is 6. The van der Waals surface area contributed by atoms with Gasteiger partial charge in [-0.3, -0.25) is 0 Å². The lowest BCUT2D eigenvalue weighted by Crippen LogP contribution is -2.52. The van der Waals surface area contributed by atoms with Crippen molar-refractivity contribution in [2.24, 2.45) is 0 Å². The molecule has 16 rings (SSSR count). The molecule has 382 valence electrons. The Hall–Kier alpha value is -10.4. The van der Waals surface area contributed by atoms with E-state index >= 15 is 0 Å². The molecular weight excluding hydrogens is 985 g/mol. The van der Waals surface area contributed by atoms with Crippen LogP contribution >= 0.6 is 0 Å². The van der Waals surface area contributed by atoms with Crippen molar-refractivity contribution in [3.8, 4) is 34.9 Å². The summed E-state index contributed by atoms with van der Waals surface area (Å²) >= 11 is 0. The molecule has 0 radical (unpaired) electrons. The largest absolute Gasteiger partial charge is 0.309 e. The maximum absolute atomic E-state index is 12.4. The molecule has 0 unspecified atom stereocenters. The second kappa shape index (κ2) is 16.8. The molecule has 0 atom stereocenters. The SMILES string of the molecule is CC1(C)c2c(-n3c4ccccc4c4c5c6ccccc6n(-c6ccccc6)c5ccc43)c(C#N)c(C#N)c(-n3c4ccccc4c4c5c6ccccc6n(-c6ccccc6)c5ccc43)c2C(C)(C)C1(c1ccccc1)c1ccccc1. The van der Waals surface area contributed by atoms with Gasteiger partial charge in [0.05, 0.1) is 66.6 Å². The van der Waals surface area contributed by atoms with Crippen LogP contribution in [0.2, 0.25) is 0 Å². The number of fused-ring (bicyclic) bond motifs is 15. The van der Waals surface area contributed by atoms with Gasteiger partial charge in [0.1, 0.15) is 12.1 Å². The lowest BCUT2D eigenvalue weighted by Gasteiger charge is -2.51. The summed E-state index contributed by atoms with van der Waals surface area (Å²) in [6.07, 6.45) is 0. The van der Waals surface area contributed by atoms with Gasteiger partial charge < -0.3 is 18.3 Å². The zero-order valence-electron chi connectivity index (χ0n) is 45.3. The molecule has 11 aromatic carbocycles. The van der Waals surface area contributed by atoms with Crippen LogP contribution in [0.1, 0.15) is 61.1 Å². The highest BCUT2D eigenvalue weighted by Gasteiger charge is 2.66. The van der Waals surface area contributed by atoms with E-state index in [1.165, 1.54) is 0 Å². The minimum absolute atomic E-state index is 0.342. The van der Waals surface area contributed by atoms with E-state index in [2.05, 4.69) is 301 Å². The number of para-hydroxylation sites is 6. The lowest BCUT2D eigenvalue weighted by atomic mass is 9.50. The van der Waals surface area contributed by atoms with Gasteiger partial charge in [-0.05, 0) is 95.1 Å². The van der Waals surface area contributed by atoms with Gasteiger partial charge in [0.15, 0.2) is 0 Å². The van der Waals surface area contributed by atoms with Crippen molar-refractivity contribution in [1.29, 1.82) is 10.5 Å². The maximum atomic E-state index is 12.4. The first-order chi connectivity index (χ1) is 39.7. The third kappa shape index (κ3) is 5.83. The van der Waals surface area contributed by atoms with Crippen LogP contribution in [-0.2, 0) is 16.2 Å². The van der Waals surface area contributed by atoms with Crippen LogP contribution in [-0.4, -0.2) is 18.3 Å². The van der Waals surface area contributed by atoms with E-state index in [4.69, 9.17) is 0 Å². The quantitative estimate of drug-likeness (QED) is 0.167. The molecule has 0 saturated heterocycles. The number of nitrogens with zero attached hydrogens (tertiary/aromatic N) is 6. The van der Waals surface area contributed by atoms with Gasteiger partial charge in [0.25, 0.3) is 0 Å². The molecule has 0 amide bonds. The molecule has 1 aliphatic rings. The van der Waals surface area contributed by atoms with Crippen molar-refractivity contribution in [1.82, 2.24) is 18.3 Å². The summed E-state index contributed by atoms with van der Waals surface area (Å²) in [4.78, 5) is 0. The highest BCUT2D eigenvalue weighted by molar-refractivity contribution is 6.30. The van der Waals surface area contributed by atoms with E-state index in [0.717, 1.165) is 132 Å². The first-order valence-electron chi connectivity index (χ1n) is 27.9. The van der Waals surface area contributed by atoms with Crippen LogP contribution < -0.4 is 0 Å². The van der Waals surface area contributed by atoms with Gasteiger partial charge in [-0.2, -0.15) is 10.5 Å². The highest BCUT2D eigenvalue weighted by Crippen LogP contribution is 2.69. The number of aromatic nitrogens is 4. The number of hydrogen-bond donors (Lipinski definition) is 0. The molecule has 0 bridgehead atoms. The number of nitriles is 2. The second-order valence-corrected chi connectivity index (χ2v) is 22.9. The Kier molecular flexibility index (Phi) is 9.68. The molecule has 15 aromatic rings. The van der Waals surface area contributed by atoms with Crippen LogP contribution in [0.4, 0.5) is 0 Å². The molecule has 0 fully saturated rings. The van der Waals surface area contributed by atoms with Gasteiger partial charge in [0.2, 0.25) is 0 Å². The Balaban J connectivity index is 1.12. The molecule has 0 spiro atoms. The van der Waals surface area contributed by atoms with Gasteiger partial charge in [-0.1, -0.05) is 198 Å². The predicted molar refractivity (Wildman–Crippen MR) is 333 cm³/mol. The summed E-state index contributed by atoms with van der Waals surface area (Å²) in [5.74, 6) is 0. The van der Waals surface area contributed by atoms with Crippen molar-refractivity contribution in [2.75, 3.05) is 0 Å². The lowest BCUT2D eigenvalue weighted by molar-refractivity contribution is 0.225. The van der Waals surface area contributed by atoms with Gasteiger partial charge in [-0.25, -0.2) is 0 Å². The standard InChI is InChI=1S/C75H52N6/c1-73(2)69-70(74(3,4)75(73,47-25-9-5-10-26-47)48-27-11-6-12-28-48)72(81-60-40-24-20-36-54(60)68-64(81)44-42-62-66(68)52-34-18-22-38-58(52)79(62)50-31-15-8-16-32-50)56(46-77)55(45-76)71(69)80-59-39-23-19-35-53(59)67-63(80)43-41-61-65(67)51-33-17-21-37-57(51)78(61)49-29-13-7-14-30-49/h5-44H,1-4H3. The Morgan fingerprint density at radius 3 is 0.852 bits per heavy atom. The summed E-state index contributed by atoms with van der Waals surface area (Å²) in [5, 5.41) is 33.7. The third-order valence-electron chi connectivity index (χ3n) is 18.6. The molecule has 1 aliphatic carbocycles. The van der Waals surface area contributed by atoms with Crippen LogP contribution in [0.15, 0.2) is 243 Å². The number of benzene rings is 11. The van der Waals surface area contributed by atoms with E-state index < -0.39 is 16.2 Å². The molecule has 4 heterocycles. The average Bonchev–Trinajstić information content (AvgIpc) is 1.84. The van der Waals surface area contributed by atoms with E-state index in [1.54, 1.807) is 0 Å². The van der Waals surface area contributed by atoms with Crippen molar-refractivity contribution in [2.45, 2.75) is 43.9 Å². The van der Waals surface area contributed by atoms with Crippen LogP contribution in [0.3, 0.4) is 0 Å². The van der Waals surface area contributed by atoms with E-state index in [-0.39, 0.29) is 0 Å². The fourth-order valence-corrected chi connectivity index (χ4v) is 16.0. The Labute approximate surface area is 468 Å². The second-order valence-electron chi connectivity index (χ2n) is 22.9. The fourth-order valence-electron chi connectivity index (χ4n) is 16.0.